The molecule has 0 radical (unpaired) electrons. The largest absolute Gasteiger partial charge is 0.391 e. The molecule has 2 aromatic rings. The lowest BCUT2D eigenvalue weighted by molar-refractivity contribution is 0.116. The van der Waals surface area contributed by atoms with Crippen molar-refractivity contribution in [2.45, 2.75) is 44.8 Å². The van der Waals surface area contributed by atoms with E-state index in [1.54, 1.807) is 11.3 Å². The highest BCUT2D eigenvalue weighted by Gasteiger charge is 2.24. The highest BCUT2D eigenvalue weighted by Crippen LogP contribution is 2.29. The van der Waals surface area contributed by atoms with Crippen LogP contribution in [-0.2, 0) is 0 Å². The summed E-state index contributed by atoms with van der Waals surface area (Å²) in [4.78, 5) is 10.0. The molecule has 2 aromatic heterocycles. The standard InChI is InChI=1S/C14H20N4OS/c1-2-15-14-17-12(9-7-8-20-13(9)18-14)16-10-5-3-4-6-11(10)19/h7-8,10-11,19H,2-6H2,1H3,(H2,15,16,17,18). The van der Waals surface area contributed by atoms with Crippen molar-refractivity contribution >= 4 is 33.3 Å². The van der Waals surface area contributed by atoms with Gasteiger partial charge in [0.25, 0.3) is 0 Å². The van der Waals surface area contributed by atoms with Gasteiger partial charge in [0.1, 0.15) is 10.6 Å². The Bertz CT molecular complexity index is 586. The maximum Gasteiger partial charge on any atom is 0.226 e. The summed E-state index contributed by atoms with van der Waals surface area (Å²) in [5.74, 6) is 1.48. The number of hydrogen-bond donors (Lipinski definition) is 3. The second-order valence-electron chi connectivity index (χ2n) is 5.17. The summed E-state index contributed by atoms with van der Waals surface area (Å²) in [6.45, 7) is 2.82. The number of aromatic nitrogens is 2. The molecule has 0 spiro atoms. The summed E-state index contributed by atoms with van der Waals surface area (Å²) in [7, 11) is 0. The van der Waals surface area contributed by atoms with E-state index < -0.39 is 0 Å². The van der Waals surface area contributed by atoms with Crippen LogP contribution in [0.4, 0.5) is 11.8 Å². The fourth-order valence-electron chi connectivity index (χ4n) is 2.66. The zero-order valence-electron chi connectivity index (χ0n) is 11.6. The molecular weight excluding hydrogens is 272 g/mol. The minimum absolute atomic E-state index is 0.0937. The molecule has 1 aliphatic carbocycles. The molecule has 2 atom stereocenters. The lowest BCUT2D eigenvalue weighted by Crippen LogP contribution is -2.36. The number of nitrogens with zero attached hydrogens (tertiary/aromatic N) is 2. The van der Waals surface area contributed by atoms with Gasteiger partial charge in [-0.3, -0.25) is 0 Å². The highest BCUT2D eigenvalue weighted by molar-refractivity contribution is 7.16. The fraction of sp³-hybridized carbons (Fsp3) is 0.571. The monoisotopic (exact) mass is 292 g/mol. The Morgan fingerprint density at radius 2 is 2.20 bits per heavy atom. The van der Waals surface area contributed by atoms with E-state index in [1.165, 1.54) is 0 Å². The maximum atomic E-state index is 10.1. The molecule has 2 heterocycles. The third-order valence-electron chi connectivity index (χ3n) is 3.71. The molecule has 108 valence electrons. The van der Waals surface area contributed by atoms with Crippen LogP contribution in [0.15, 0.2) is 11.4 Å². The molecule has 2 unspecified atom stereocenters. The van der Waals surface area contributed by atoms with Crippen LogP contribution in [0.3, 0.4) is 0 Å². The van der Waals surface area contributed by atoms with Gasteiger partial charge in [-0.25, -0.2) is 4.98 Å². The molecule has 1 saturated carbocycles. The van der Waals surface area contributed by atoms with Crippen LogP contribution < -0.4 is 10.6 Å². The predicted molar refractivity (Wildman–Crippen MR) is 83.5 cm³/mol. The van der Waals surface area contributed by atoms with Gasteiger partial charge in [0.05, 0.1) is 17.5 Å². The maximum absolute atomic E-state index is 10.1. The van der Waals surface area contributed by atoms with E-state index in [1.807, 2.05) is 18.4 Å². The van der Waals surface area contributed by atoms with Crippen molar-refractivity contribution in [2.75, 3.05) is 17.2 Å². The number of anilines is 2. The number of hydrogen-bond acceptors (Lipinski definition) is 6. The first-order chi connectivity index (χ1) is 9.78. The normalized spacial score (nSPS) is 22.9. The lowest BCUT2D eigenvalue weighted by Gasteiger charge is -2.29. The molecule has 6 heteroatoms. The number of nitrogens with one attached hydrogen (secondary N) is 2. The minimum atomic E-state index is -0.282. The smallest absolute Gasteiger partial charge is 0.226 e. The van der Waals surface area contributed by atoms with Gasteiger partial charge in [0, 0.05) is 6.54 Å². The summed E-state index contributed by atoms with van der Waals surface area (Å²) in [5.41, 5.74) is 0. The Morgan fingerprint density at radius 1 is 1.35 bits per heavy atom. The predicted octanol–water partition coefficient (Wildman–Crippen LogP) is 2.84. The van der Waals surface area contributed by atoms with Crippen LogP contribution >= 0.6 is 11.3 Å². The van der Waals surface area contributed by atoms with Gasteiger partial charge in [0.2, 0.25) is 5.95 Å². The Kier molecular flexibility index (Phi) is 4.03. The fourth-order valence-corrected chi connectivity index (χ4v) is 3.42. The molecule has 0 aliphatic heterocycles. The second kappa shape index (κ2) is 5.93. The van der Waals surface area contributed by atoms with Crippen LogP contribution in [0.1, 0.15) is 32.6 Å². The van der Waals surface area contributed by atoms with Gasteiger partial charge < -0.3 is 15.7 Å². The van der Waals surface area contributed by atoms with E-state index in [2.05, 4.69) is 20.6 Å². The topological polar surface area (TPSA) is 70.1 Å². The molecule has 1 fully saturated rings. The van der Waals surface area contributed by atoms with E-state index in [0.717, 1.165) is 48.3 Å². The van der Waals surface area contributed by atoms with E-state index in [0.29, 0.717) is 5.95 Å². The number of thiophene rings is 1. The molecule has 0 bridgehead atoms. The second-order valence-corrected chi connectivity index (χ2v) is 6.06. The van der Waals surface area contributed by atoms with Crippen LogP contribution in [0.5, 0.6) is 0 Å². The quantitative estimate of drug-likeness (QED) is 0.808. The Balaban J connectivity index is 1.90. The van der Waals surface area contributed by atoms with Crippen molar-refractivity contribution in [2.24, 2.45) is 0 Å². The number of aliphatic hydroxyl groups is 1. The van der Waals surface area contributed by atoms with Crippen molar-refractivity contribution < 1.29 is 5.11 Å². The van der Waals surface area contributed by atoms with Gasteiger partial charge in [-0.1, -0.05) is 12.8 Å². The van der Waals surface area contributed by atoms with E-state index in [-0.39, 0.29) is 12.1 Å². The molecule has 5 nitrogen and oxygen atoms in total. The van der Waals surface area contributed by atoms with Gasteiger partial charge in [0.15, 0.2) is 0 Å². The third kappa shape index (κ3) is 2.71. The van der Waals surface area contributed by atoms with Crippen molar-refractivity contribution in [3.05, 3.63) is 11.4 Å². The lowest BCUT2D eigenvalue weighted by atomic mass is 9.92. The van der Waals surface area contributed by atoms with E-state index >= 15 is 0 Å². The Hall–Kier alpha value is -1.40. The van der Waals surface area contributed by atoms with Gasteiger partial charge in [-0.2, -0.15) is 4.98 Å². The average Bonchev–Trinajstić information content (AvgIpc) is 2.90. The zero-order valence-corrected chi connectivity index (χ0v) is 12.4. The molecule has 0 aromatic carbocycles. The van der Waals surface area contributed by atoms with Crippen LogP contribution in [0.2, 0.25) is 0 Å². The molecule has 3 N–H and O–H groups in total. The highest BCUT2D eigenvalue weighted by atomic mass is 32.1. The van der Waals surface area contributed by atoms with Crippen molar-refractivity contribution in [1.82, 2.24) is 9.97 Å². The minimum Gasteiger partial charge on any atom is -0.391 e. The Labute approximate surface area is 122 Å². The molecule has 0 saturated heterocycles. The van der Waals surface area contributed by atoms with Crippen molar-refractivity contribution in [3.8, 4) is 0 Å². The number of aliphatic hydroxyl groups excluding tert-OH is 1. The summed E-state index contributed by atoms with van der Waals surface area (Å²) in [5, 5.41) is 19.8. The van der Waals surface area contributed by atoms with Gasteiger partial charge in [-0.15, -0.1) is 11.3 Å². The van der Waals surface area contributed by atoms with E-state index in [9.17, 15) is 5.11 Å². The summed E-state index contributed by atoms with van der Waals surface area (Å²) >= 11 is 1.61. The number of fused-ring (bicyclic) bond motifs is 1. The first-order valence-corrected chi connectivity index (χ1v) is 8.09. The van der Waals surface area contributed by atoms with Crippen molar-refractivity contribution in [1.29, 1.82) is 0 Å². The molecule has 20 heavy (non-hydrogen) atoms. The van der Waals surface area contributed by atoms with Crippen LogP contribution in [0.25, 0.3) is 10.2 Å². The van der Waals surface area contributed by atoms with Gasteiger partial charge in [-0.05, 0) is 31.2 Å². The summed E-state index contributed by atoms with van der Waals surface area (Å²) in [6, 6.07) is 2.13. The van der Waals surface area contributed by atoms with Gasteiger partial charge >= 0.3 is 0 Å². The van der Waals surface area contributed by atoms with E-state index in [4.69, 9.17) is 0 Å². The molecule has 0 amide bonds. The molecular formula is C14H20N4OS. The molecule has 1 aliphatic rings. The van der Waals surface area contributed by atoms with Crippen molar-refractivity contribution in [3.63, 3.8) is 0 Å². The average molecular weight is 292 g/mol. The van der Waals surface area contributed by atoms with Crippen LogP contribution in [0, 0.1) is 0 Å². The Morgan fingerprint density at radius 3 is 3.00 bits per heavy atom. The third-order valence-corrected chi connectivity index (χ3v) is 4.52. The SMILES string of the molecule is CCNc1nc(NC2CCCCC2O)c2ccsc2n1. The summed E-state index contributed by atoms with van der Waals surface area (Å²) < 4.78 is 0. The summed E-state index contributed by atoms with van der Waals surface area (Å²) in [6.07, 6.45) is 3.85. The zero-order chi connectivity index (χ0) is 13.9. The number of rotatable bonds is 4. The first kappa shape index (κ1) is 13.6. The molecule has 3 rings (SSSR count). The first-order valence-electron chi connectivity index (χ1n) is 7.21. The van der Waals surface area contributed by atoms with Crippen LogP contribution in [-0.4, -0.2) is 33.8 Å².